The second kappa shape index (κ2) is 7.04. The van der Waals surface area contributed by atoms with E-state index in [0.717, 1.165) is 22.4 Å². The quantitative estimate of drug-likeness (QED) is 0.780. The van der Waals surface area contributed by atoms with Gasteiger partial charge in [-0.3, -0.25) is 4.98 Å². The molecule has 2 heterocycles. The lowest BCUT2D eigenvalue weighted by Crippen LogP contribution is -2.24. The zero-order valence-corrected chi connectivity index (χ0v) is 14.2. The molecule has 0 spiro atoms. The minimum absolute atomic E-state index is 0.0975. The van der Waals surface area contributed by atoms with Gasteiger partial charge in [0.1, 0.15) is 0 Å². The number of hydrogen-bond acceptors (Lipinski definition) is 3. The molecule has 0 bridgehead atoms. The summed E-state index contributed by atoms with van der Waals surface area (Å²) in [6.07, 6.45) is 2.50. The molecule has 1 atom stereocenters. The zero-order valence-electron chi connectivity index (χ0n) is 10.3. The highest BCUT2D eigenvalue weighted by Crippen LogP contribution is 2.29. The Morgan fingerprint density at radius 2 is 2.21 bits per heavy atom. The van der Waals surface area contributed by atoms with Crippen molar-refractivity contribution in [2.45, 2.75) is 19.4 Å². The van der Waals surface area contributed by atoms with E-state index in [4.69, 9.17) is 23.2 Å². The molecule has 0 amide bonds. The fraction of sp³-hybridized carbons (Fsp3) is 0.308. The second-order valence-corrected chi connectivity index (χ2v) is 7.43. The summed E-state index contributed by atoms with van der Waals surface area (Å²) in [5, 5.41) is 4.58. The lowest BCUT2D eigenvalue weighted by Gasteiger charge is -2.18. The van der Waals surface area contributed by atoms with E-state index in [1.165, 1.54) is 4.88 Å². The van der Waals surface area contributed by atoms with Gasteiger partial charge < -0.3 is 5.32 Å². The molecule has 2 aromatic heterocycles. The van der Waals surface area contributed by atoms with Crippen LogP contribution in [0, 0.1) is 0 Å². The molecule has 1 N–H and O–H groups in total. The van der Waals surface area contributed by atoms with Crippen LogP contribution in [0.3, 0.4) is 0 Å². The summed E-state index contributed by atoms with van der Waals surface area (Å²) in [5.41, 5.74) is 0.845. The van der Waals surface area contributed by atoms with Crippen molar-refractivity contribution in [3.05, 3.63) is 48.8 Å². The van der Waals surface area contributed by atoms with Crippen molar-refractivity contribution in [1.29, 1.82) is 0 Å². The molecule has 6 heteroatoms. The van der Waals surface area contributed by atoms with Crippen LogP contribution in [0.2, 0.25) is 10.0 Å². The van der Waals surface area contributed by atoms with Gasteiger partial charge in [0.15, 0.2) is 0 Å². The first-order valence-corrected chi connectivity index (χ1v) is 8.25. The molecule has 0 saturated carbocycles. The highest BCUT2D eigenvalue weighted by Gasteiger charge is 2.17. The topological polar surface area (TPSA) is 24.9 Å². The number of likely N-dealkylation sites (N-methyl/N-ethyl adjacent to an activating group) is 1. The molecule has 1 unspecified atom stereocenters. The Morgan fingerprint density at radius 1 is 1.42 bits per heavy atom. The third-order valence-corrected chi connectivity index (χ3v) is 4.81. The standard InChI is InChI=1S/C13H13BrCl2N2S/c1-2-17-11(6-9-3-4-12(14)19-9)13-10(16)5-8(15)7-18-13/h3-5,7,11,17H,2,6H2,1H3. The van der Waals surface area contributed by atoms with Gasteiger partial charge in [-0.05, 0) is 40.7 Å². The molecule has 2 rings (SSSR count). The van der Waals surface area contributed by atoms with Crippen molar-refractivity contribution in [3.63, 3.8) is 0 Å². The van der Waals surface area contributed by atoms with Crippen LogP contribution >= 0.6 is 50.5 Å². The maximum Gasteiger partial charge on any atom is 0.0763 e. The van der Waals surface area contributed by atoms with Crippen molar-refractivity contribution < 1.29 is 0 Å². The molecule has 102 valence electrons. The van der Waals surface area contributed by atoms with Gasteiger partial charge in [-0.1, -0.05) is 30.1 Å². The molecule has 0 aliphatic carbocycles. The summed E-state index contributed by atoms with van der Waals surface area (Å²) in [6.45, 7) is 2.93. The highest BCUT2D eigenvalue weighted by atomic mass is 79.9. The van der Waals surface area contributed by atoms with Crippen LogP contribution in [-0.4, -0.2) is 11.5 Å². The summed E-state index contributed by atoms with van der Waals surface area (Å²) in [4.78, 5) is 5.65. The van der Waals surface area contributed by atoms with Crippen molar-refractivity contribution in [2.24, 2.45) is 0 Å². The van der Waals surface area contributed by atoms with Gasteiger partial charge in [0.25, 0.3) is 0 Å². The minimum Gasteiger partial charge on any atom is -0.309 e. The lowest BCUT2D eigenvalue weighted by atomic mass is 10.1. The first-order chi connectivity index (χ1) is 9.10. The van der Waals surface area contributed by atoms with E-state index in [-0.39, 0.29) is 6.04 Å². The monoisotopic (exact) mass is 378 g/mol. The number of thiophene rings is 1. The Bertz CT molecular complexity index is 559. The van der Waals surface area contributed by atoms with Crippen LogP contribution in [0.15, 0.2) is 28.2 Å². The maximum absolute atomic E-state index is 6.24. The van der Waals surface area contributed by atoms with Crippen LogP contribution in [0.1, 0.15) is 23.5 Å². The van der Waals surface area contributed by atoms with E-state index in [1.807, 2.05) is 0 Å². The molecular formula is C13H13BrCl2N2S. The molecule has 0 aliphatic rings. The van der Waals surface area contributed by atoms with Crippen LogP contribution in [0.4, 0.5) is 0 Å². The summed E-state index contributed by atoms with van der Waals surface area (Å²) in [5.74, 6) is 0. The Kier molecular flexibility index (Phi) is 5.66. The number of pyridine rings is 1. The van der Waals surface area contributed by atoms with E-state index < -0.39 is 0 Å². The van der Waals surface area contributed by atoms with Crippen molar-refractivity contribution in [1.82, 2.24) is 10.3 Å². The Morgan fingerprint density at radius 3 is 2.79 bits per heavy atom. The van der Waals surface area contributed by atoms with Crippen molar-refractivity contribution in [3.8, 4) is 0 Å². The molecule has 0 fully saturated rings. The summed E-state index contributed by atoms with van der Waals surface area (Å²) in [7, 11) is 0. The van der Waals surface area contributed by atoms with Crippen LogP contribution in [-0.2, 0) is 6.42 Å². The van der Waals surface area contributed by atoms with Gasteiger partial charge in [0.05, 0.1) is 25.6 Å². The smallest absolute Gasteiger partial charge is 0.0763 e. The van der Waals surface area contributed by atoms with E-state index in [0.29, 0.717) is 10.0 Å². The normalized spacial score (nSPS) is 12.6. The molecule has 0 saturated heterocycles. The number of nitrogens with one attached hydrogen (secondary N) is 1. The summed E-state index contributed by atoms with van der Waals surface area (Å²) in [6, 6.07) is 6.00. The Hall–Kier alpha value is -0.130. The zero-order chi connectivity index (χ0) is 13.8. The lowest BCUT2D eigenvalue weighted by molar-refractivity contribution is 0.540. The maximum atomic E-state index is 6.24. The largest absolute Gasteiger partial charge is 0.309 e. The van der Waals surface area contributed by atoms with Gasteiger partial charge >= 0.3 is 0 Å². The van der Waals surface area contributed by atoms with E-state index in [2.05, 4.69) is 45.3 Å². The number of hydrogen-bond donors (Lipinski definition) is 1. The summed E-state index contributed by atoms with van der Waals surface area (Å²) >= 11 is 17.3. The van der Waals surface area contributed by atoms with Crippen LogP contribution < -0.4 is 5.32 Å². The Labute approximate surface area is 135 Å². The first-order valence-electron chi connectivity index (χ1n) is 5.88. The van der Waals surface area contributed by atoms with Gasteiger partial charge in [0, 0.05) is 17.5 Å². The van der Waals surface area contributed by atoms with Crippen molar-refractivity contribution in [2.75, 3.05) is 6.54 Å². The summed E-state index contributed by atoms with van der Waals surface area (Å²) < 4.78 is 1.13. The molecule has 2 aromatic rings. The second-order valence-electron chi connectivity index (χ2n) is 4.04. The fourth-order valence-electron chi connectivity index (χ4n) is 1.86. The molecular weight excluding hydrogens is 367 g/mol. The Balaban J connectivity index is 2.23. The van der Waals surface area contributed by atoms with Crippen LogP contribution in [0.25, 0.3) is 0 Å². The molecule has 0 aromatic carbocycles. The highest BCUT2D eigenvalue weighted by molar-refractivity contribution is 9.11. The number of aromatic nitrogens is 1. The SMILES string of the molecule is CCNC(Cc1ccc(Br)s1)c1ncc(Cl)cc1Cl. The predicted molar refractivity (Wildman–Crippen MR) is 86.4 cm³/mol. The molecule has 2 nitrogen and oxygen atoms in total. The van der Waals surface area contributed by atoms with E-state index >= 15 is 0 Å². The third-order valence-electron chi connectivity index (χ3n) is 2.65. The van der Waals surface area contributed by atoms with Gasteiger partial charge in [0.2, 0.25) is 0 Å². The van der Waals surface area contributed by atoms with Crippen molar-refractivity contribution >= 4 is 50.5 Å². The molecule has 0 aliphatic heterocycles. The molecule has 0 radical (unpaired) electrons. The van der Waals surface area contributed by atoms with Gasteiger partial charge in [-0.15, -0.1) is 11.3 Å². The van der Waals surface area contributed by atoms with Crippen LogP contribution in [0.5, 0.6) is 0 Å². The van der Waals surface area contributed by atoms with Gasteiger partial charge in [-0.25, -0.2) is 0 Å². The molecule has 19 heavy (non-hydrogen) atoms. The van der Waals surface area contributed by atoms with E-state index in [1.54, 1.807) is 23.6 Å². The number of halogens is 3. The van der Waals surface area contributed by atoms with E-state index in [9.17, 15) is 0 Å². The first kappa shape index (κ1) is 15.3. The third kappa shape index (κ3) is 4.17. The number of nitrogens with zero attached hydrogens (tertiary/aromatic N) is 1. The average Bonchev–Trinajstić information content (AvgIpc) is 2.74. The fourth-order valence-corrected chi connectivity index (χ4v) is 3.90. The average molecular weight is 380 g/mol. The minimum atomic E-state index is 0.0975. The number of rotatable bonds is 5. The van der Waals surface area contributed by atoms with Gasteiger partial charge in [-0.2, -0.15) is 0 Å². The predicted octanol–water partition coefficient (Wildman–Crippen LogP) is 5.11.